The van der Waals surface area contributed by atoms with E-state index in [1.54, 1.807) is 0 Å². The molecule has 0 spiro atoms. The molecule has 1 aliphatic rings. The van der Waals surface area contributed by atoms with Crippen LogP contribution in [0.5, 0.6) is 0 Å². The topological polar surface area (TPSA) is 29.1 Å². The van der Waals surface area contributed by atoms with Gasteiger partial charge in [-0.15, -0.1) is 0 Å². The SMILES string of the molecule is O=C1CCCN1.P. The minimum Gasteiger partial charge on any atom is -0.356 e. The average Bonchev–Trinajstić information content (AvgIpc) is 1.86. The van der Waals surface area contributed by atoms with Crippen LogP contribution in [0.25, 0.3) is 0 Å². The predicted octanol–water partition coefficient (Wildman–Crippen LogP) is -0.0455. The summed E-state index contributed by atoms with van der Waals surface area (Å²) >= 11 is 0. The molecule has 1 saturated heterocycles. The number of carbonyl (C=O) groups is 1. The zero-order valence-corrected chi connectivity index (χ0v) is 5.65. The summed E-state index contributed by atoms with van der Waals surface area (Å²) in [7, 11) is 0. The van der Waals surface area contributed by atoms with E-state index in [0.717, 1.165) is 19.4 Å². The first kappa shape index (κ1) is 6.90. The lowest BCUT2D eigenvalue weighted by atomic mass is 10.4. The third-order valence-corrected chi connectivity index (χ3v) is 0.903. The van der Waals surface area contributed by atoms with Crippen LogP contribution in [-0.4, -0.2) is 12.5 Å². The lowest BCUT2D eigenvalue weighted by Gasteiger charge is -1.80. The van der Waals surface area contributed by atoms with Gasteiger partial charge in [0.25, 0.3) is 0 Å². The summed E-state index contributed by atoms with van der Waals surface area (Å²) in [6.45, 7) is 0.888. The Hall–Kier alpha value is -0.100. The van der Waals surface area contributed by atoms with E-state index in [9.17, 15) is 4.79 Å². The molecule has 0 aliphatic carbocycles. The second kappa shape index (κ2) is 2.98. The first-order chi connectivity index (χ1) is 2.89. The van der Waals surface area contributed by atoms with Gasteiger partial charge in [0.05, 0.1) is 0 Å². The van der Waals surface area contributed by atoms with Crippen molar-refractivity contribution in [2.45, 2.75) is 12.8 Å². The third-order valence-electron chi connectivity index (χ3n) is 0.903. The fourth-order valence-electron chi connectivity index (χ4n) is 0.565. The molecule has 2 nitrogen and oxygen atoms in total. The van der Waals surface area contributed by atoms with Crippen LogP contribution in [0.4, 0.5) is 0 Å². The van der Waals surface area contributed by atoms with Crippen molar-refractivity contribution in [3.63, 3.8) is 0 Å². The van der Waals surface area contributed by atoms with Crippen LogP contribution >= 0.6 is 9.90 Å². The Bertz CT molecular complexity index is 66.1. The highest BCUT2D eigenvalue weighted by molar-refractivity contribution is 6.92. The van der Waals surface area contributed by atoms with Crippen molar-refractivity contribution in [3.05, 3.63) is 0 Å². The number of carbonyl (C=O) groups excluding carboxylic acids is 1. The molecule has 0 aromatic rings. The van der Waals surface area contributed by atoms with Gasteiger partial charge in [0, 0.05) is 13.0 Å². The van der Waals surface area contributed by atoms with Crippen LogP contribution in [0.1, 0.15) is 12.8 Å². The summed E-state index contributed by atoms with van der Waals surface area (Å²) in [4.78, 5) is 10.1. The zero-order chi connectivity index (χ0) is 4.41. The highest BCUT2D eigenvalue weighted by Gasteiger charge is 2.05. The van der Waals surface area contributed by atoms with Crippen molar-refractivity contribution in [2.75, 3.05) is 6.54 Å². The van der Waals surface area contributed by atoms with Gasteiger partial charge < -0.3 is 5.32 Å². The van der Waals surface area contributed by atoms with Gasteiger partial charge in [0.1, 0.15) is 0 Å². The summed E-state index contributed by atoms with van der Waals surface area (Å²) in [5, 5.41) is 2.68. The molecule has 1 unspecified atom stereocenters. The summed E-state index contributed by atoms with van der Waals surface area (Å²) in [5.41, 5.74) is 0. The van der Waals surface area contributed by atoms with E-state index in [0.29, 0.717) is 0 Å². The lowest BCUT2D eigenvalue weighted by molar-refractivity contribution is -0.119. The molecule has 0 aromatic heterocycles. The maximum atomic E-state index is 10.1. The monoisotopic (exact) mass is 119 g/mol. The van der Waals surface area contributed by atoms with Gasteiger partial charge in [-0.25, -0.2) is 0 Å². The second-order valence-corrected chi connectivity index (χ2v) is 1.45. The van der Waals surface area contributed by atoms with Gasteiger partial charge >= 0.3 is 0 Å². The Morgan fingerprint density at radius 3 is 2.43 bits per heavy atom. The molecule has 1 amide bonds. The Balaban J connectivity index is 0.000000360. The largest absolute Gasteiger partial charge is 0.356 e. The summed E-state index contributed by atoms with van der Waals surface area (Å²) in [6.07, 6.45) is 1.76. The molecule has 0 saturated carbocycles. The first-order valence-corrected chi connectivity index (χ1v) is 2.16. The zero-order valence-electron chi connectivity index (χ0n) is 4.24. The molecule has 1 N–H and O–H groups in total. The molecule has 1 heterocycles. The van der Waals surface area contributed by atoms with Gasteiger partial charge in [-0.05, 0) is 6.42 Å². The molecule has 7 heavy (non-hydrogen) atoms. The van der Waals surface area contributed by atoms with E-state index in [4.69, 9.17) is 0 Å². The van der Waals surface area contributed by atoms with Crippen molar-refractivity contribution >= 4 is 15.8 Å². The molecule has 0 aromatic carbocycles. The van der Waals surface area contributed by atoms with Crippen LogP contribution in [0.2, 0.25) is 0 Å². The smallest absolute Gasteiger partial charge is 0.220 e. The molecule has 1 atom stereocenters. The molecular weight excluding hydrogens is 109 g/mol. The van der Waals surface area contributed by atoms with Crippen LogP contribution in [0.15, 0.2) is 0 Å². The summed E-state index contributed by atoms with van der Waals surface area (Å²) in [5.74, 6) is 0.204. The van der Waals surface area contributed by atoms with Crippen LogP contribution in [-0.2, 0) is 4.79 Å². The Morgan fingerprint density at radius 1 is 1.57 bits per heavy atom. The molecule has 0 bridgehead atoms. The minimum atomic E-state index is 0. The maximum absolute atomic E-state index is 10.1. The van der Waals surface area contributed by atoms with E-state index < -0.39 is 0 Å². The minimum absolute atomic E-state index is 0. The van der Waals surface area contributed by atoms with Crippen molar-refractivity contribution in [1.29, 1.82) is 0 Å². The lowest BCUT2D eigenvalue weighted by Crippen LogP contribution is -2.12. The third kappa shape index (κ3) is 1.88. The molecular formula is C4H10NOP. The molecule has 0 radical (unpaired) electrons. The highest BCUT2D eigenvalue weighted by atomic mass is 31.0. The normalized spacial score (nSPS) is 18.0. The fraction of sp³-hybridized carbons (Fsp3) is 0.750. The molecule has 1 fully saturated rings. The van der Waals surface area contributed by atoms with E-state index in [-0.39, 0.29) is 15.8 Å². The van der Waals surface area contributed by atoms with Gasteiger partial charge in [0.2, 0.25) is 5.91 Å². The Morgan fingerprint density at radius 2 is 2.29 bits per heavy atom. The highest BCUT2D eigenvalue weighted by Crippen LogP contribution is 1.93. The van der Waals surface area contributed by atoms with E-state index >= 15 is 0 Å². The second-order valence-electron chi connectivity index (χ2n) is 1.45. The average molecular weight is 119 g/mol. The number of amides is 1. The van der Waals surface area contributed by atoms with Gasteiger partial charge in [0.15, 0.2) is 0 Å². The van der Waals surface area contributed by atoms with Gasteiger partial charge in [-0.1, -0.05) is 0 Å². The van der Waals surface area contributed by atoms with Gasteiger partial charge in [-0.2, -0.15) is 9.90 Å². The molecule has 1 aliphatic heterocycles. The van der Waals surface area contributed by atoms with Crippen molar-refractivity contribution in [3.8, 4) is 0 Å². The van der Waals surface area contributed by atoms with E-state index in [2.05, 4.69) is 5.32 Å². The summed E-state index contributed by atoms with van der Waals surface area (Å²) in [6, 6.07) is 0. The van der Waals surface area contributed by atoms with Crippen molar-refractivity contribution in [1.82, 2.24) is 5.32 Å². The quantitative estimate of drug-likeness (QED) is 0.445. The number of rotatable bonds is 0. The number of nitrogens with one attached hydrogen (secondary N) is 1. The van der Waals surface area contributed by atoms with Crippen LogP contribution in [0, 0.1) is 0 Å². The first-order valence-electron chi connectivity index (χ1n) is 2.16. The maximum Gasteiger partial charge on any atom is 0.220 e. The molecule has 42 valence electrons. The van der Waals surface area contributed by atoms with Crippen LogP contribution in [0.3, 0.4) is 0 Å². The van der Waals surface area contributed by atoms with Crippen molar-refractivity contribution in [2.24, 2.45) is 0 Å². The number of hydrogen-bond donors (Lipinski definition) is 1. The summed E-state index contributed by atoms with van der Waals surface area (Å²) < 4.78 is 0. The Kier molecular flexibility index (Phi) is 2.93. The van der Waals surface area contributed by atoms with Crippen LogP contribution < -0.4 is 5.32 Å². The van der Waals surface area contributed by atoms with Gasteiger partial charge in [-0.3, -0.25) is 4.79 Å². The standard InChI is InChI=1S/C4H7NO.H3P/c6-4-2-1-3-5-4;/h1-3H2,(H,5,6);1H3. The predicted molar refractivity (Wildman–Crippen MR) is 33.3 cm³/mol. The molecule has 3 heteroatoms. The van der Waals surface area contributed by atoms with E-state index in [1.807, 2.05) is 0 Å². The molecule has 1 rings (SSSR count). The van der Waals surface area contributed by atoms with E-state index in [1.165, 1.54) is 0 Å². The van der Waals surface area contributed by atoms with Crippen molar-refractivity contribution < 1.29 is 4.79 Å². The Labute approximate surface area is 46.3 Å². The fourth-order valence-corrected chi connectivity index (χ4v) is 0.565. The number of hydrogen-bond acceptors (Lipinski definition) is 1.